The van der Waals surface area contributed by atoms with E-state index < -0.39 is 45.2 Å². The van der Waals surface area contributed by atoms with Crippen LogP contribution in [0.1, 0.15) is 27.6 Å². The summed E-state index contributed by atoms with van der Waals surface area (Å²) in [7, 11) is -4.45. The molecule has 5 nitrogen and oxygen atoms in total. The zero-order valence-corrected chi connectivity index (χ0v) is 22.4. The third-order valence-corrected chi connectivity index (χ3v) is 9.35. The first-order chi connectivity index (χ1) is 17.4. The number of halogens is 5. The largest absolute Gasteiger partial charge is 0.416 e. The van der Waals surface area contributed by atoms with Crippen molar-refractivity contribution < 1.29 is 26.4 Å². The number of sulfonamides is 1. The fourth-order valence-corrected chi connectivity index (χ4v) is 7.08. The van der Waals surface area contributed by atoms with Crippen molar-refractivity contribution in [1.29, 1.82) is 0 Å². The molecule has 3 aromatic rings. The summed E-state index contributed by atoms with van der Waals surface area (Å²) >= 11 is 14.1. The SMILES string of the molecule is C=CCN(CC(=O)N1CCc2sccc2C1c1ccc(Cl)cc1Cl)S(=O)(=O)c1cccc(C(F)(F)F)c1. The number of hydrogen-bond donors (Lipinski definition) is 0. The van der Waals surface area contributed by atoms with E-state index in [1.165, 1.54) is 6.08 Å². The lowest BCUT2D eigenvalue weighted by atomic mass is 9.93. The van der Waals surface area contributed by atoms with E-state index in [1.807, 2.05) is 11.4 Å². The molecule has 0 saturated heterocycles. The molecule has 1 atom stereocenters. The van der Waals surface area contributed by atoms with Crippen molar-refractivity contribution in [2.75, 3.05) is 19.6 Å². The number of benzene rings is 2. The summed E-state index contributed by atoms with van der Waals surface area (Å²) in [6.45, 7) is 3.00. The van der Waals surface area contributed by atoms with Crippen LogP contribution in [0.15, 0.2) is 71.5 Å². The molecule has 0 radical (unpaired) electrons. The van der Waals surface area contributed by atoms with Gasteiger partial charge in [0.05, 0.1) is 23.0 Å². The lowest BCUT2D eigenvalue weighted by molar-refractivity contribution is -0.137. The van der Waals surface area contributed by atoms with Crippen LogP contribution in [-0.4, -0.2) is 43.2 Å². The highest BCUT2D eigenvalue weighted by Gasteiger charge is 2.37. The highest BCUT2D eigenvalue weighted by atomic mass is 35.5. The first-order valence-electron chi connectivity index (χ1n) is 11.0. The second-order valence-electron chi connectivity index (χ2n) is 8.32. The highest BCUT2D eigenvalue weighted by Crippen LogP contribution is 2.41. The summed E-state index contributed by atoms with van der Waals surface area (Å²) in [4.78, 5) is 15.7. The van der Waals surface area contributed by atoms with Crippen LogP contribution in [0.3, 0.4) is 0 Å². The molecule has 37 heavy (non-hydrogen) atoms. The predicted molar refractivity (Wildman–Crippen MR) is 138 cm³/mol. The highest BCUT2D eigenvalue weighted by molar-refractivity contribution is 7.89. The molecule has 0 spiro atoms. The van der Waals surface area contributed by atoms with Crippen molar-refractivity contribution in [2.24, 2.45) is 0 Å². The standard InChI is InChI=1S/C25H21Cl2F3N2O3S2/c1-2-10-31(37(34,35)18-5-3-4-16(13-18)25(28,29)30)15-23(33)32-11-8-22-20(9-12-36-22)24(32)19-7-6-17(26)14-21(19)27/h2-7,9,12-14,24H,1,8,10-11,15H2. The topological polar surface area (TPSA) is 57.7 Å². The quantitative estimate of drug-likeness (QED) is 0.299. The molecule has 1 aromatic heterocycles. The van der Waals surface area contributed by atoms with Crippen molar-refractivity contribution in [3.05, 3.63) is 98.2 Å². The van der Waals surface area contributed by atoms with Crippen molar-refractivity contribution in [2.45, 2.75) is 23.5 Å². The third kappa shape index (κ3) is 5.73. The van der Waals surface area contributed by atoms with E-state index in [0.29, 0.717) is 34.6 Å². The summed E-state index contributed by atoms with van der Waals surface area (Å²) < 4.78 is 67.1. The summed E-state index contributed by atoms with van der Waals surface area (Å²) in [5.41, 5.74) is 0.413. The molecule has 12 heteroatoms. The van der Waals surface area contributed by atoms with Crippen LogP contribution >= 0.6 is 34.5 Å². The number of carbonyl (C=O) groups excluding carboxylic acids is 1. The predicted octanol–water partition coefficient (Wildman–Crippen LogP) is 6.42. The molecule has 2 heterocycles. The number of nitrogens with zero attached hydrogens (tertiary/aromatic N) is 2. The normalized spacial score (nSPS) is 16.1. The Labute approximate surface area is 226 Å². The Morgan fingerprint density at radius 3 is 2.59 bits per heavy atom. The van der Waals surface area contributed by atoms with Gasteiger partial charge in [0.1, 0.15) is 0 Å². The van der Waals surface area contributed by atoms with E-state index >= 15 is 0 Å². The minimum Gasteiger partial charge on any atom is -0.330 e. The van der Waals surface area contributed by atoms with Crippen LogP contribution in [0.25, 0.3) is 0 Å². The maximum absolute atomic E-state index is 13.6. The molecular weight excluding hydrogens is 568 g/mol. The molecule has 0 aliphatic carbocycles. The van der Waals surface area contributed by atoms with Gasteiger partial charge in [0.25, 0.3) is 0 Å². The van der Waals surface area contributed by atoms with E-state index in [4.69, 9.17) is 23.2 Å². The van der Waals surface area contributed by atoms with Gasteiger partial charge in [-0.05, 0) is 59.3 Å². The van der Waals surface area contributed by atoms with E-state index in [0.717, 1.165) is 32.9 Å². The van der Waals surface area contributed by atoms with Crippen LogP contribution in [0.2, 0.25) is 10.0 Å². The number of fused-ring (bicyclic) bond motifs is 1. The fourth-order valence-electron chi connectivity index (χ4n) is 4.26. The van der Waals surface area contributed by atoms with Gasteiger partial charge < -0.3 is 4.90 Å². The average molecular weight is 589 g/mol. The monoisotopic (exact) mass is 588 g/mol. The second-order valence-corrected chi connectivity index (χ2v) is 12.1. The molecule has 0 N–H and O–H groups in total. The fraction of sp³-hybridized carbons (Fsp3) is 0.240. The van der Waals surface area contributed by atoms with E-state index in [2.05, 4.69) is 6.58 Å². The Kier molecular flexibility index (Phi) is 8.06. The molecule has 1 aliphatic rings. The summed E-state index contributed by atoms with van der Waals surface area (Å²) in [6, 6.07) is 9.72. The summed E-state index contributed by atoms with van der Waals surface area (Å²) in [5, 5.41) is 2.70. The maximum Gasteiger partial charge on any atom is 0.416 e. The second kappa shape index (κ2) is 10.8. The minimum absolute atomic E-state index is 0.270. The Bertz CT molecular complexity index is 1440. The molecule has 196 valence electrons. The van der Waals surface area contributed by atoms with Gasteiger partial charge in [-0.15, -0.1) is 17.9 Å². The lowest BCUT2D eigenvalue weighted by Gasteiger charge is -2.37. The Morgan fingerprint density at radius 1 is 1.16 bits per heavy atom. The van der Waals surface area contributed by atoms with Crippen LogP contribution in [0, 0.1) is 0 Å². The van der Waals surface area contributed by atoms with Gasteiger partial charge >= 0.3 is 6.18 Å². The average Bonchev–Trinajstić information content (AvgIpc) is 3.32. The summed E-state index contributed by atoms with van der Waals surface area (Å²) in [5.74, 6) is -0.523. The zero-order valence-electron chi connectivity index (χ0n) is 19.2. The third-order valence-electron chi connectivity index (χ3n) is 5.99. The molecule has 1 aliphatic heterocycles. The molecule has 1 unspecified atom stereocenters. The number of thiophene rings is 1. The first-order valence-corrected chi connectivity index (χ1v) is 14.1. The van der Waals surface area contributed by atoms with Gasteiger partial charge in [-0.3, -0.25) is 4.79 Å². The number of amides is 1. The van der Waals surface area contributed by atoms with Crippen molar-refractivity contribution in [3.63, 3.8) is 0 Å². The van der Waals surface area contributed by atoms with Crippen LogP contribution in [-0.2, 0) is 27.4 Å². The Hall–Kier alpha value is -2.37. The molecular formula is C25H21Cl2F3N2O3S2. The van der Waals surface area contributed by atoms with Gasteiger partial charge in [0.15, 0.2) is 0 Å². The minimum atomic E-state index is -4.72. The molecule has 0 saturated carbocycles. The van der Waals surface area contributed by atoms with Crippen LogP contribution in [0.4, 0.5) is 13.2 Å². The number of rotatable bonds is 7. The Morgan fingerprint density at radius 2 is 1.92 bits per heavy atom. The Balaban J connectivity index is 1.69. The van der Waals surface area contributed by atoms with E-state index in [1.54, 1.807) is 34.4 Å². The van der Waals surface area contributed by atoms with Crippen molar-refractivity contribution in [1.82, 2.24) is 9.21 Å². The maximum atomic E-state index is 13.6. The molecule has 0 fully saturated rings. The number of alkyl halides is 3. The van der Waals surface area contributed by atoms with Gasteiger partial charge in [0, 0.05) is 28.0 Å². The van der Waals surface area contributed by atoms with Gasteiger partial charge in [-0.1, -0.05) is 41.4 Å². The van der Waals surface area contributed by atoms with E-state index in [9.17, 15) is 26.4 Å². The van der Waals surface area contributed by atoms with Gasteiger partial charge in [-0.2, -0.15) is 17.5 Å². The molecule has 4 rings (SSSR count). The number of carbonyl (C=O) groups is 1. The van der Waals surface area contributed by atoms with E-state index in [-0.39, 0.29) is 6.54 Å². The van der Waals surface area contributed by atoms with Gasteiger partial charge in [-0.25, -0.2) is 8.42 Å². The summed E-state index contributed by atoms with van der Waals surface area (Å²) in [6.07, 6.45) is -2.87. The van der Waals surface area contributed by atoms with Gasteiger partial charge in [0.2, 0.25) is 15.9 Å². The van der Waals surface area contributed by atoms with Crippen molar-refractivity contribution in [3.8, 4) is 0 Å². The van der Waals surface area contributed by atoms with Crippen molar-refractivity contribution >= 4 is 50.5 Å². The number of hydrogen-bond acceptors (Lipinski definition) is 4. The smallest absolute Gasteiger partial charge is 0.330 e. The lowest BCUT2D eigenvalue weighted by Crippen LogP contribution is -2.46. The molecule has 1 amide bonds. The molecule has 2 aromatic carbocycles. The zero-order chi connectivity index (χ0) is 27.0. The first kappa shape index (κ1) is 27.7. The van der Waals surface area contributed by atoms with Crippen LogP contribution < -0.4 is 0 Å². The van der Waals surface area contributed by atoms with Crippen LogP contribution in [0.5, 0.6) is 0 Å². The molecule has 0 bridgehead atoms.